The number of halogens is 2. The summed E-state index contributed by atoms with van der Waals surface area (Å²) in [5.41, 5.74) is 3.18. The maximum Gasteiger partial charge on any atom is 0.0855 e. The molecule has 4 heteroatoms. The lowest BCUT2D eigenvalue weighted by Crippen LogP contribution is -2.18. The Bertz CT molecular complexity index is 622. The smallest absolute Gasteiger partial charge is 0.0855 e. The normalized spacial score (nSPS) is 19.1. The SMILES string of the molecule is OC(CC1OCCc2ccccc21)c1cc(Cl)cc(Cl)c1. The van der Waals surface area contributed by atoms with E-state index in [1.165, 1.54) is 5.56 Å². The summed E-state index contributed by atoms with van der Waals surface area (Å²) in [4.78, 5) is 0. The first-order valence-electron chi connectivity index (χ1n) is 6.97. The third-order valence-electron chi connectivity index (χ3n) is 3.80. The van der Waals surface area contributed by atoms with E-state index in [9.17, 15) is 5.11 Å². The highest BCUT2D eigenvalue weighted by Crippen LogP contribution is 2.35. The van der Waals surface area contributed by atoms with Crippen LogP contribution in [0.1, 0.15) is 35.3 Å². The highest BCUT2D eigenvalue weighted by Gasteiger charge is 2.24. The van der Waals surface area contributed by atoms with Crippen molar-refractivity contribution in [3.63, 3.8) is 0 Å². The van der Waals surface area contributed by atoms with Crippen molar-refractivity contribution in [2.75, 3.05) is 6.61 Å². The van der Waals surface area contributed by atoms with Crippen molar-refractivity contribution in [1.82, 2.24) is 0 Å². The van der Waals surface area contributed by atoms with Gasteiger partial charge in [-0.1, -0.05) is 47.5 Å². The van der Waals surface area contributed by atoms with Gasteiger partial charge in [-0.2, -0.15) is 0 Å². The fourth-order valence-corrected chi connectivity index (χ4v) is 3.32. The van der Waals surface area contributed by atoms with Crippen LogP contribution in [0.15, 0.2) is 42.5 Å². The first kappa shape index (κ1) is 14.9. The Kier molecular flexibility index (Phi) is 4.51. The zero-order valence-corrected chi connectivity index (χ0v) is 12.9. The standard InChI is InChI=1S/C17H16Cl2O2/c18-13-7-12(8-14(19)9-13)16(20)10-17-15-4-2-1-3-11(15)5-6-21-17/h1-4,7-9,16-17,20H,5-6,10H2. The molecule has 0 amide bonds. The average molecular weight is 323 g/mol. The van der Waals surface area contributed by atoms with Crippen molar-refractivity contribution in [2.24, 2.45) is 0 Å². The number of benzene rings is 2. The van der Waals surface area contributed by atoms with Gasteiger partial charge in [0.15, 0.2) is 0 Å². The molecule has 1 aliphatic rings. The number of fused-ring (bicyclic) bond motifs is 1. The average Bonchev–Trinajstić information content (AvgIpc) is 2.46. The van der Waals surface area contributed by atoms with Crippen LogP contribution in [0.2, 0.25) is 10.0 Å². The van der Waals surface area contributed by atoms with Crippen LogP contribution in [0.25, 0.3) is 0 Å². The van der Waals surface area contributed by atoms with Crippen LogP contribution >= 0.6 is 23.2 Å². The van der Waals surface area contributed by atoms with E-state index in [0.29, 0.717) is 23.1 Å². The third-order valence-corrected chi connectivity index (χ3v) is 4.24. The van der Waals surface area contributed by atoms with Gasteiger partial charge in [0.1, 0.15) is 0 Å². The Labute approximate surface area is 134 Å². The van der Waals surface area contributed by atoms with E-state index in [0.717, 1.165) is 17.5 Å². The summed E-state index contributed by atoms with van der Waals surface area (Å²) in [7, 11) is 0. The van der Waals surface area contributed by atoms with Gasteiger partial charge in [-0.25, -0.2) is 0 Å². The summed E-state index contributed by atoms with van der Waals surface area (Å²) in [5.74, 6) is 0. The largest absolute Gasteiger partial charge is 0.388 e. The van der Waals surface area contributed by atoms with Crippen molar-refractivity contribution < 1.29 is 9.84 Å². The lowest BCUT2D eigenvalue weighted by molar-refractivity contribution is 0.00377. The van der Waals surface area contributed by atoms with E-state index in [2.05, 4.69) is 12.1 Å². The summed E-state index contributed by atoms with van der Waals surface area (Å²) in [6.45, 7) is 0.685. The Balaban J connectivity index is 1.81. The molecule has 0 saturated carbocycles. The van der Waals surface area contributed by atoms with Crippen molar-refractivity contribution in [1.29, 1.82) is 0 Å². The van der Waals surface area contributed by atoms with Gasteiger partial charge in [0, 0.05) is 16.5 Å². The number of aliphatic hydroxyl groups is 1. The number of hydrogen-bond donors (Lipinski definition) is 1. The minimum absolute atomic E-state index is 0.0947. The van der Waals surface area contributed by atoms with Crippen molar-refractivity contribution in [3.05, 3.63) is 69.2 Å². The van der Waals surface area contributed by atoms with E-state index >= 15 is 0 Å². The molecule has 0 radical (unpaired) electrons. The Morgan fingerprint density at radius 2 is 1.86 bits per heavy atom. The van der Waals surface area contributed by atoms with E-state index in [4.69, 9.17) is 27.9 Å². The minimum atomic E-state index is -0.655. The van der Waals surface area contributed by atoms with Crippen LogP contribution in [0, 0.1) is 0 Å². The second kappa shape index (κ2) is 6.37. The Morgan fingerprint density at radius 1 is 1.14 bits per heavy atom. The van der Waals surface area contributed by atoms with Crippen LogP contribution < -0.4 is 0 Å². The van der Waals surface area contributed by atoms with Crippen LogP contribution in [-0.4, -0.2) is 11.7 Å². The number of aliphatic hydroxyl groups excluding tert-OH is 1. The first-order valence-corrected chi connectivity index (χ1v) is 7.72. The quantitative estimate of drug-likeness (QED) is 0.885. The maximum absolute atomic E-state index is 10.4. The number of hydrogen-bond acceptors (Lipinski definition) is 2. The van der Waals surface area contributed by atoms with E-state index in [1.54, 1.807) is 18.2 Å². The second-order valence-corrected chi connectivity index (χ2v) is 6.14. The molecule has 0 spiro atoms. The molecule has 1 heterocycles. The Morgan fingerprint density at radius 3 is 2.62 bits per heavy atom. The molecule has 21 heavy (non-hydrogen) atoms. The van der Waals surface area contributed by atoms with Crippen LogP contribution in [0.4, 0.5) is 0 Å². The molecule has 3 rings (SSSR count). The summed E-state index contributed by atoms with van der Waals surface area (Å²) in [6, 6.07) is 13.4. The van der Waals surface area contributed by atoms with Crippen LogP contribution in [0.3, 0.4) is 0 Å². The molecule has 1 aliphatic heterocycles. The molecular formula is C17H16Cl2O2. The highest BCUT2D eigenvalue weighted by molar-refractivity contribution is 6.34. The minimum Gasteiger partial charge on any atom is -0.388 e. The van der Waals surface area contributed by atoms with Gasteiger partial charge in [0.05, 0.1) is 18.8 Å². The lowest BCUT2D eigenvalue weighted by atomic mass is 9.92. The molecule has 2 unspecified atom stereocenters. The van der Waals surface area contributed by atoms with Crippen LogP contribution in [0.5, 0.6) is 0 Å². The predicted octanol–water partition coefficient (Wildman–Crippen LogP) is 4.73. The lowest BCUT2D eigenvalue weighted by Gasteiger charge is -2.28. The van der Waals surface area contributed by atoms with Gasteiger partial charge >= 0.3 is 0 Å². The topological polar surface area (TPSA) is 29.5 Å². The number of ether oxygens (including phenoxy) is 1. The van der Waals surface area contributed by atoms with Crippen molar-refractivity contribution in [3.8, 4) is 0 Å². The molecule has 0 fully saturated rings. The zero-order chi connectivity index (χ0) is 14.8. The van der Waals surface area contributed by atoms with Gasteiger partial charge < -0.3 is 9.84 Å². The molecule has 2 atom stereocenters. The predicted molar refractivity (Wildman–Crippen MR) is 84.9 cm³/mol. The van der Waals surface area contributed by atoms with Gasteiger partial charge in [0.25, 0.3) is 0 Å². The fraction of sp³-hybridized carbons (Fsp3) is 0.294. The molecule has 110 valence electrons. The third kappa shape index (κ3) is 3.41. The van der Waals surface area contributed by atoms with E-state index in [-0.39, 0.29) is 6.10 Å². The van der Waals surface area contributed by atoms with Gasteiger partial charge in [-0.3, -0.25) is 0 Å². The summed E-state index contributed by atoms with van der Waals surface area (Å²) in [5, 5.41) is 11.5. The zero-order valence-electron chi connectivity index (χ0n) is 11.4. The fourth-order valence-electron chi connectivity index (χ4n) is 2.78. The summed E-state index contributed by atoms with van der Waals surface area (Å²) >= 11 is 12.0. The Hall–Kier alpha value is -1.06. The monoisotopic (exact) mass is 322 g/mol. The van der Waals surface area contributed by atoms with Crippen molar-refractivity contribution in [2.45, 2.75) is 25.0 Å². The molecule has 0 aromatic heterocycles. The van der Waals surface area contributed by atoms with Gasteiger partial charge in [-0.15, -0.1) is 0 Å². The van der Waals surface area contributed by atoms with Gasteiger partial charge in [-0.05, 0) is 41.3 Å². The molecule has 1 N–H and O–H groups in total. The first-order chi connectivity index (χ1) is 10.1. The second-order valence-electron chi connectivity index (χ2n) is 5.26. The van der Waals surface area contributed by atoms with E-state index < -0.39 is 6.10 Å². The molecular weight excluding hydrogens is 307 g/mol. The maximum atomic E-state index is 10.4. The molecule has 2 aromatic rings. The van der Waals surface area contributed by atoms with E-state index in [1.807, 2.05) is 12.1 Å². The highest BCUT2D eigenvalue weighted by atomic mass is 35.5. The molecule has 2 aromatic carbocycles. The molecule has 0 aliphatic carbocycles. The summed E-state index contributed by atoms with van der Waals surface area (Å²) < 4.78 is 5.83. The van der Waals surface area contributed by atoms with Crippen LogP contribution in [-0.2, 0) is 11.2 Å². The molecule has 0 saturated heterocycles. The van der Waals surface area contributed by atoms with Crippen molar-refractivity contribution >= 4 is 23.2 Å². The van der Waals surface area contributed by atoms with Gasteiger partial charge in [0.2, 0.25) is 0 Å². The molecule has 2 nitrogen and oxygen atoms in total. The number of rotatable bonds is 3. The summed E-state index contributed by atoms with van der Waals surface area (Å²) in [6.07, 6.45) is 0.666. The molecule has 0 bridgehead atoms.